The third kappa shape index (κ3) is 6.64. The van der Waals surface area contributed by atoms with Crippen LogP contribution in [0, 0.1) is 0 Å². The topological polar surface area (TPSA) is 23.4 Å². The maximum absolute atomic E-state index is 5.40. The smallest absolute Gasteiger partial charge is 0.0700 e. The van der Waals surface area contributed by atoms with E-state index in [0.29, 0.717) is 6.61 Å². The van der Waals surface area contributed by atoms with Gasteiger partial charge in [0.05, 0.1) is 13.2 Å². The lowest BCUT2D eigenvalue weighted by Crippen LogP contribution is -2.03. The molecule has 1 heterocycles. The minimum absolute atomic E-state index is 0.702. The van der Waals surface area contributed by atoms with Crippen molar-refractivity contribution in [3.8, 4) is 0 Å². The van der Waals surface area contributed by atoms with Crippen LogP contribution in [0.25, 0.3) is 0 Å². The molecule has 0 radical (unpaired) electrons. The van der Waals surface area contributed by atoms with E-state index in [0.717, 1.165) is 26.2 Å². The number of nitrogens with zero attached hydrogens (tertiary/aromatic N) is 1. The van der Waals surface area contributed by atoms with Gasteiger partial charge >= 0.3 is 0 Å². The number of aryl methyl sites for hydroxylation is 1. The summed E-state index contributed by atoms with van der Waals surface area (Å²) in [6, 6.07) is 4.15. The highest BCUT2D eigenvalue weighted by Crippen LogP contribution is 2.03. The fraction of sp³-hybridized carbons (Fsp3) is 0.692. The van der Waals surface area contributed by atoms with E-state index in [1.165, 1.54) is 19.3 Å². The fourth-order valence-corrected chi connectivity index (χ4v) is 1.62. The summed E-state index contributed by atoms with van der Waals surface area (Å²) in [7, 11) is 1.70. The molecule has 0 fully saturated rings. The molecule has 0 aromatic carbocycles. The van der Waals surface area contributed by atoms with Gasteiger partial charge in [0.2, 0.25) is 0 Å². The standard InChI is InChI=1S/C13H23NO2/c1-15-12-13-16-11-7-3-2-4-8-14-9-5-6-10-14/h5-6,9-10H,2-4,7-8,11-13H2,1H3. The zero-order valence-corrected chi connectivity index (χ0v) is 10.2. The van der Waals surface area contributed by atoms with Crippen LogP contribution in [0.15, 0.2) is 24.5 Å². The molecule has 1 rings (SSSR count). The Bertz CT molecular complexity index is 234. The Kier molecular flexibility index (Phi) is 7.82. The molecule has 0 saturated carbocycles. The molecule has 1 aromatic heterocycles. The highest BCUT2D eigenvalue weighted by atomic mass is 16.5. The summed E-state index contributed by atoms with van der Waals surface area (Å²) < 4.78 is 12.5. The summed E-state index contributed by atoms with van der Waals surface area (Å²) >= 11 is 0. The Morgan fingerprint density at radius 2 is 1.62 bits per heavy atom. The highest BCUT2D eigenvalue weighted by Gasteiger charge is 1.92. The lowest BCUT2D eigenvalue weighted by molar-refractivity contribution is 0.0685. The molecule has 0 saturated heterocycles. The molecular weight excluding hydrogens is 202 g/mol. The first-order valence-corrected chi connectivity index (χ1v) is 6.11. The molecular formula is C13H23NO2. The minimum Gasteiger partial charge on any atom is -0.382 e. The molecule has 0 aliphatic heterocycles. The van der Waals surface area contributed by atoms with E-state index in [-0.39, 0.29) is 0 Å². The van der Waals surface area contributed by atoms with Gasteiger partial charge in [0, 0.05) is 32.7 Å². The second-order valence-electron chi connectivity index (χ2n) is 3.94. The predicted molar refractivity (Wildman–Crippen MR) is 65.6 cm³/mol. The van der Waals surface area contributed by atoms with Crippen LogP contribution in [-0.4, -0.2) is 31.5 Å². The summed E-state index contributed by atoms with van der Waals surface area (Å²) in [5.74, 6) is 0. The minimum atomic E-state index is 0.702. The summed E-state index contributed by atoms with van der Waals surface area (Å²) in [4.78, 5) is 0. The number of rotatable bonds is 10. The molecule has 0 bridgehead atoms. The van der Waals surface area contributed by atoms with Crippen molar-refractivity contribution in [2.24, 2.45) is 0 Å². The number of ether oxygens (including phenoxy) is 2. The van der Waals surface area contributed by atoms with Crippen molar-refractivity contribution >= 4 is 0 Å². The van der Waals surface area contributed by atoms with Crippen LogP contribution in [0.4, 0.5) is 0 Å². The molecule has 0 spiro atoms. The van der Waals surface area contributed by atoms with Crippen molar-refractivity contribution < 1.29 is 9.47 Å². The maximum atomic E-state index is 5.40. The Balaban J connectivity index is 1.78. The maximum Gasteiger partial charge on any atom is 0.0700 e. The lowest BCUT2D eigenvalue weighted by Gasteiger charge is -2.04. The van der Waals surface area contributed by atoms with Crippen molar-refractivity contribution in [3.63, 3.8) is 0 Å². The van der Waals surface area contributed by atoms with Gasteiger partial charge in [0.15, 0.2) is 0 Å². The lowest BCUT2D eigenvalue weighted by atomic mass is 10.2. The molecule has 92 valence electrons. The van der Waals surface area contributed by atoms with Crippen molar-refractivity contribution in [2.75, 3.05) is 26.9 Å². The normalized spacial score (nSPS) is 10.8. The Labute approximate surface area is 98.4 Å². The molecule has 0 amide bonds. The number of aromatic nitrogens is 1. The first kappa shape index (κ1) is 13.3. The first-order valence-electron chi connectivity index (χ1n) is 6.11. The zero-order chi connectivity index (χ0) is 11.5. The molecule has 0 aliphatic carbocycles. The van der Waals surface area contributed by atoms with Crippen LogP contribution in [0.2, 0.25) is 0 Å². The number of hydrogen-bond acceptors (Lipinski definition) is 2. The van der Waals surface area contributed by atoms with Crippen LogP contribution in [0.1, 0.15) is 25.7 Å². The Morgan fingerprint density at radius 3 is 2.38 bits per heavy atom. The molecule has 3 heteroatoms. The number of methoxy groups -OCH3 is 1. The third-order valence-electron chi connectivity index (χ3n) is 2.55. The molecule has 0 N–H and O–H groups in total. The van der Waals surface area contributed by atoms with Gasteiger partial charge in [-0.2, -0.15) is 0 Å². The van der Waals surface area contributed by atoms with Gasteiger partial charge in [-0.3, -0.25) is 0 Å². The second kappa shape index (κ2) is 9.43. The van der Waals surface area contributed by atoms with Gasteiger partial charge in [0.1, 0.15) is 0 Å². The average Bonchev–Trinajstić information content (AvgIpc) is 2.80. The summed E-state index contributed by atoms with van der Waals surface area (Å²) in [5, 5.41) is 0. The molecule has 3 nitrogen and oxygen atoms in total. The Hall–Kier alpha value is -0.800. The molecule has 0 aliphatic rings. The van der Waals surface area contributed by atoms with E-state index in [1.807, 2.05) is 0 Å². The van der Waals surface area contributed by atoms with E-state index >= 15 is 0 Å². The van der Waals surface area contributed by atoms with E-state index in [4.69, 9.17) is 9.47 Å². The van der Waals surface area contributed by atoms with Gasteiger partial charge in [-0.1, -0.05) is 12.8 Å². The number of unbranched alkanes of at least 4 members (excludes halogenated alkanes) is 3. The van der Waals surface area contributed by atoms with Crippen molar-refractivity contribution in [1.82, 2.24) is 4.57 Å². The van der Waals surface area contributed by atoms with Gasteiger partial charge < -0.3 is 14.0 Å². The quantitative estimate of drug-likeness (QED) is 0.572. The molecule has 0 unspecified atom stereocenters. The van der Waals surface area contributed by atoms with Gasteiger partial charge in [-0.05, 0) is 25.0 Å². The predicted octanol–water partition coefficient (Wildman–Crippen LogP) is 2.71. The van der Waals surface area contributed by atoms with Crippen molar-refractivity contribution in [1.29, 1.82) is 0 Å². The highest BCUT2D eigenvalue weighted by molar-refractivity contribution is 4.89. The van der Waals surface area contributed by atoms with Crippen LogP contribution in [0.5, 0.6) is 0 Å². The van der Waals surface area contributed by atoms with E-state index in [2.05, 4.69) is 29.1 Å². The molecule has 1 aromatic rings. The Morgan fingerprint density at radius 1 is 0.875 bits per heavy atom. The SMILES string of the molecule is COCCOCCCCCCn1cccc1. The fourth-order valence-electron chi connectivity index (χ4n) is 1.62. The number of hydrogen-bond donors (Lipinski definition) is 0. The van der Waals surface area contributed by atoms with Crippen LogP contribution in [0.3, 0.4) is 0 Å². The van der Waals surface area contributed by atoms with E-state index < -0.39 is 0 Å². The third-order valence-corrected chi connectivity index (χ3v) is 2.55. The van der Waals surface area contributed by atoms with E-state index in [9.17, 15) is 0 Å². The largest absolute Gasteiger partial charge is 0.382 e. The van der Waals surface area contributed by atoms with Crippen molar-refractivity contribution in [2.45, 2.75) is 32.2 Å². The van der Waals surface area contributed by atoms with Crippen LogP contribution in [-0.2, 0) is 16.0 Å². The monoisotopic (exact) mass is 225 g/mol. The zero-order valence-electron chi connectivity index (χ0n) is 10.2. The van der Waals surface area contributed by atoms with Gasteiger partial charge in [0.25, 0.3) is 0 Å². The molecule has 16 heavy (non-hydrogen) atoms. The molecule has 0 atom stereocenters. The first-order chi connectivity index (χ1) is 7.93. The van der Waals surface area contributed by atoms with Crippen LogP contribution >= 0.6 is 0 Å². The summed E-state index contributed by atoms with van der Waals surface area (Å²) in [6.07, 6.45) is 9.20. The summed E-state index contributed by atoms with van der Waals surface area (Å²) in [6.45, 7) is 3.43. The van der Waals surface area contributed by atoms with Gasteiger partial charge in [-0.25, -0.2) is 0 Å². The van der Waals surface area contributed by atoms with Gasteiger partial charge in [-0.15, -0.1) is 0 Å². The average molecular weight is 225 g/mol. The summed E-state index contributed by atoms with van der Waals surface area (Å²) in [5.41, 5.74) is 0. The second-order valence-corrected chi connectivity index (χ2v) is 3.94. The van der Waals surface area contributed by atoms with E-state index in [1.54, 1.807) is 7.11 Å². The van der Waals surface area contributed by atoms with Crippen molar-refractivity contribution in [3.05, 3.63) is 24.5 Å². The van der Waals surface area contributed by atoms with Crippen LogP contribution < -0.4 is 0 Å².